The topological polar surface area (TPSA) is 73.2 Å². The SMILES string of the molecule is CCC(C)(C)[C@@](C)(O)[C@H]1C[C@@]23CC[C@@]1(O)[C@@H]1Oc4c(O)ccc5c4[C@@]12CCN(CC1CC1)[C@@H]3C5. The molecule has 7 aliphatic rings. The zero-order chi connectivity index (χ0) is 23.9. The normalized spacial score (nSPS) is 43.9. The lowest BCUT2D eigenvalue weighted by Crippen LogP contribution is -2.83. The molecule has 34 heavy (non-hydrogen) atoms. The van der Waals surface area contributed by atoms with E-state index in [1.807, 2.05) is 6.92 Å². The smallest absolute Gasteiger partial charge is 0.165 e. The third-order valence-electron chi connectivity index (χ3n) is 12.2. The van der Waals surface area contributed by atoms with Crippen LogP contribution in [0.4, 0.5) is 0 Å². The summed E-state index contributed by atoms with van der Waals surface area (Å²) in [6, 6.07) is 4.31. The minimum absolute atomic E-state index is 0.0419. The zero-order valence-corrected chi connectivity index (χ0v) is 21.2. The number of ether oxygens (including phenoxy) is 1. The number of likely N-dealkylation sites (tertiary alicyclic amines) is 1. The molecule has 0 unspecified atom stereocenters. The lowest BCUT2D eigenvalue weighted by Gasteiger charge is -2.75. The third-order valence-corrected chi connectivity index (χ3v) is 12.2. The van der Waals surface area contributed by atoms with Gasteiger partial charge in [-0.25, -0.2) is 0 Å². The molecule has 2 aliphatic heterocycles. The van der Waals surface area contributed by atoms with Crippen molar-refractivity contribution in [3.05, 3.63) is 23.3 Å². The number of hydrogen-bond donors (Lipinski definition) is 3. The second-order valence-corrected chi connectivity index (χ2v) is 13.6. The molecule has 4 bridgehead atoms. The lowest BCUT2D eigenvalue weighted by atomic mass is 9.33. The van der Waals surface area contributed by atoms with E-state index in [1.165, 1.54) is 30.5 Å². The molecule has 5 aliphatic carbocycles. The number of phenols is 1. The van der Waals surface area contributed by atoms with E-state index in [0.29, 0.717) is 18.2 Å². The van der Waals surface area contributed by atoms with Gasteiger partial charge in [0.2, 0.25) is 0 Å². The van der Waals surface area contributed by atoms with Crippen LogP contribution in [0.1, 0.15) is 83.8 Å². The molecule has 7 atom stereocenters. The predicted octanol–water partition coefficient (Wildman–Crippen LogP) is 4.15. The highest BCUT2D eigenvalue weighted by Crippen LogP contribution is 2.77. The summed E-state index contributed by atoms with van der Waals surface area (Å²) in [5, 5.41) is 35.6. The molecule has 2 spiro atoms. The first kappa shape index (κ1) is 21.9. The second-order valence-electron chi connectivity index (χ2n) is 13.6. The maximum absolute atomic E-state index is 12.6. The number of nitrogens with zero attached hydrogens (tertiary/aromatic N) is 1. The molecule has 1 aromatic carbocycles. The van der Waals surface area contributed by atoms with Crippen molar-refractivity contribution in [1.82, 2.24) is 4.90 Å². The van der Waals surface area contributed by atoms with Gasteiger partial charge in [-0.3, -0.25) is 4.90 Å². The quantitative estimate of drug-likeness (QED) is 0.607. The van der Waals surface area contributed by atoms with Crippen molar-refractivity contribution in [2.24, 2.45) is 22.7 Å². The molecule has 0 aromatic heterocycles. The highest BCUT2D eigenvalue weighted by molar-refractivity contribution is 5.63. The summed E-state index contributed by atoms with van der Waals surface area (Å²) < 4.78 is 6.71. The number of rotatable bonds is 5. The zero-order valence-electron chi connectivity index (χ0n) is 21.2. The Morgan fingerprint density at radius 1 is 1.15 bits per heavy atom. The van der Waals surface area contributed by atoms with Gasteiger partial charge in [0.05, 0.1) is 5.60 Å². The highest BCUT2D eigenvalue weighted by atomic mass is 16.5. The molecule has 5 fully saturated rings. The number of aromatic hydroxyl groups is 1. The van der Waals surface area contributed by atoms with Crippen LogP contribution in [0.25, 0.3) is 0 Å². The average Bonchev–Trinajstić information content (AvgIpc) is 3.54. The first-order valence-corrected chi connectivity index (χ1v) is 13.7. The number of hydrogen-bond acceptors (Lipinski definition) is 5. The standard InChI is InChI=1S/C29H41NO4/c1-5-25(2,3)26(4,32)20-15-27-10-11-29(20,33)24-28(27)12-13-30(16-17-6-7-17)21(27)14-18-8-9-19(31)23(34-24)22(18)28/h8-9,17,20-21,24,31-33H,5-7,10-16H2,1-4H3/t20-,21-,24-,26+,27-,28+,29+/m1/s1. The van der Waals surface area contributed by atoms with E-state index < -0.39 is 17.3 Å². The summed E-state index contributed by atoms with van der Waals surface area (Å²) in [7, 11) is 0. The maximum Gasteiger partial charge on any atom is 0.165 e. The van der Waals surface area contributed by atoms with E-state index in [9.17, 15) is 15.3 Å². The Labute approximate surface area is 203 Å². The van der Waals surface area contributed by atoms with Crippen LogP contribution in [-0.2, 0) is 11.8 Å². The fourth-order valence-electron chi connectivity index (χ4n) is 9.57. The Hall–Kier alpha value is -1.30. The van der Waals surface area contributed by atoms with Gasteiger partial charge in [0.1, 0.15) is 11.7 Å². The molecule has 5 nitrogen and oxygen atoms in total. The lowest BCUT2D eigenvalue weighted by molar-refractivity contribution is -0.306. The Balaban J connectivity index is 1.45. The van der Waals surface area contributed by atoms with Crippen molar-refractivity contribution < 1.29 is 20.1 Å². The molecule has 0 amide bonds. The molecule has 4 saturated carbocycles. The second kappa shape index (κ2) is 6.33. The summed E-state index contributed by atoms with van der Waals surface area (Å²) >= 11 is 0. The number of aliphatic hydroxyl groups is 2. The molecular formula is C29H41NO4. The summed E-state index contributed by atoms with van der Waals surface area (Å²) in [5.74, 6) is 1.40. The number of benzene rings is 1. The van der Waals surface area contributed by atoms with Crippen LogP contribution in [0.15, 0.2) is 12.1 Å². The number of piperidine rings is 1. The molecule has 1 saturated heterocycles. The molecule has 0 radical (unpaired) electrons. The van der Waals surface area contributed by atoms with Gasteiger partial charge >= 0.3 is 0 Å². The van der Waals surface area contributed by atoms with Crippen molar-refractivity contribution in [2.75, 3.05) is 13.1 Å². The molecule has 1 aromatic rings. The summed E-state index contributed by atoms with van der Waals surface area (Å²) in [6.45, 7) is 10.6. The molecule has 3 N–H and O–H groups in total. The first-order chi connectivity index (χ1) is 16.0. The van der Waals surface area contributed by atoms with Gasteiger partial charge in [0.25, 0.3) is 0 Å². The third kappa shape index (κ3) is 2.25. The largest absolute Gasteiger partial charge is 0.504 e. The summed E-state index contributed by atoms with van der Waals surface area (Å²) in [4.78, 5) is 2.78. The predicted molar refractivity (Wildman–Crippen MR) is 130 cm³/mol. The summed E-state index contributed by atoms with van der Waals surface area (Å²) in [6.07, 6.45) is 7.57. The Morgan fingerprint density at radius 2 is 1.91 bits per heavy atom. The van der Waals surface area contributed by atoms with Crippen LogP contribution < -0.4 is 4.74 Å². The Kier molecular flexibility index (Phi) is 4.08. The number of fused-ring (bicyclic) bond motifs is 2. The van der Waals surface area contributed by atoms with Crippen molar-refractivity contribution in [2.45, 2.75) is 108 Å². The molecule has 5 heteroatoms. The van der Waals surface area contributed by atoms with Crippen LogP contribution in [-0.4, -0.2) is 56.7 Å². The van der Waals surface area contributed by atoms with E-state index in [0.717, 1.165) is 44.6 Å². The van der Waals surface area contributed by atoms with Crippen LogP contribution in [0.3, 0.4) is 0 Å². The highest BCUT2D eigenvalue weighted by Gasteiger charge is 2.82. The van der Waals surface area contributed by atoms with Gasteiger partial charge in [0.15, 0.2) is 11.5 Å². The van der Waals surface area contributed by atoms with E-state index in [2.05, 4.69) is 31.7 Å². The van der Waals surface area contributed by atoms with Gasteiger partial charge in [-0.2, -0.15) is 0 Å². The Morgan fingerprint density at radius 3 is 2.62 bits per heavy atom. The van der Waals surface area contributed by atoms with E-state index in [1.54, 1.807) is 6.07 Å². The van der Waals surface area contributed by atoms with Gasteiger partial charge in [-0.15, -0.1) is 0 Å². The van der Waals surface area contributed by atoms with Crippen LogP contribution in [0.2, 0.25) is 0 Å². The molecule has 2 heterocycles. The van der Waals surface area contributed by atoms with Crippen LogP contribution in [0.5, 0.6) is 11.5 Å². The van der Waals surface area contributed by atoms with E-state index in [-0.39, 0.29) is 27.9 Å². The Bertz CT molecular complexity index is 1060. The van der Waals surface area contributed by atoms with Crippen molar-refractivity contribution >= 4 is 0 Å². The van der Waals surface area contributed by atoms with Crippen LogP contribution in [0, 0.1) is 22.7 Å². The fraction of sp³-hybridized carbons (Fsp3) is 0.793. The summed E-state index contributed by atoms with van der Waals surface area (Å²) in [5.41, 5.74) is -0.270. The van der Waals surface area contributed by atoms with Crippen molar-refractivity contribution in [3.8, 4) is 11.5 Å². The molecule has 186 valence electrons. The van der Waals surface area contributed by atoms with Gasteiger partial charge < -0.3 is 20.1 Å². The van der Waals surface area contributed by atoms with E-state index >= 15 is 0 Å². The molecular weight excluding hydrogens is 426 g/mol. The van der Waals surface area contributed by atoms with Gasteiger partial charge in [0, 0.05) is 34.9 Å². The van der Waals surface area contributed by atoms with Gasteiger partial charge in [-0.1, -0.05) is 26.8 Å². The minimum Gasteiger partial charge on any atom is -0.504 e. The van der Waals surface area contributed by atoms with Crippen LogP contribution >= 0.6 is 0 Å². The van der Waals surface area contributed by atoms with Crippen molar-refractivity contribution in [1.29, 1.82) is 0 Å². The average molecular weight is 468 g/mol. The fourth-order valence-corrected chi connectivity index (χ4v) is 9.57. The monoisotopic (exact) mass is 467 g/mol. The van der Waals surface area contributed by atoms with Crippen molar-refractivity contribution in [3.63, 3.8) is 0 Å². The van der Waals surface area contributed by atoms with Gasteiger partial charge in [-0.05, 0) is 87.8 Å². The minimum atomic E-state index is -1.11. The first-order valence-electron chi connectivity index (χ1n) is 13.7. The maximum atomic E-state index is 12.6. The number of phenolic OH excluding ortho intramolecular Hbond substituents is 1. The van der Waals surface area contributed by atoms with E-state index in [4.69, 9.17) is 4.74 Å². The molecule has 8 rings (SSSR count).